The van der Waals surface area contributed by atoms with Crippen LogP contribution in [0.5, 0.6) is 0 Å². The molecule has 0 radical (unpaired) electrons. The summed E-state index contributed by atoms with van der Waals surface area (Å²) in [5.41, 5.74) is -0.288. The second-order valence-corrected chi connectivity index (χ2v) is 4.62. The third kappa shape index (κ3) is 3.24. The lowest BCUT2D eigenvalue weighted by Gasteiger charge is -2.18. The monoisotopic (exact) mass is 301 g/mol. The van der Waals surface area contributed by atoms with Crippen LogP contribution in [-0.4, -0.2) is 16.3 Å². The van der Waals surface area contributed by atoms with E-state index in [1.807, 2.05) is 6.92 Å². The molecule has 0 saturated heterocycles. The number of nitrogens with zero attached hydrogens (tertiary/aromatic N) is 2. The molecule has 1 N–H and O–H groups in total. The van der Waals surface area contributed by atoms with Gasteiger partial charge in [-0.25, -0.2) is 9.07 Å². The predicted octanol–water partition coefficient (Wildman–Crippen LogP) is 3.70. The fourth-order valence-electron chi connectivity index (χ4n) is 2.16. The van der Waals surface area contributed by atoms with Gasteiger partial charge in [0, 0.05) is 17.8 Å². The topological polar surface area (TPSA) is 29.9 Å². The Morgan fingerprint density at radius 1 is 1.33 bits per heavy atom. The fourth-order valence-corrected chi connectivity index (χ4v) is 2.16. The van der Waals surface area contributed by atoms with E-state index in [-0.39, 0.29) is 11.6 Å². The van der Waals surface area contributed by atoms with E-state index in [0.717, 1.165) is 17.1 Å². The number of benzene rings is 1. The van der Waals surface area contributed by atoms with Crippen LogP contribution >= 0.6 is 0 Å². The minimum atomic E-state index is -4.47. The van der Waals surface area contributed by atoms with Gasteiger partial charge < -0.3 is 5.32 Å². The van der Waals surface area contributed by atoms with Gasteiger partial charge >= 0.3 is 6.18 Å². The van der Waals surface area contributed by atoms with Crippen LogP contribution in [0.25, 0.3) is 5.69 Å². The van der Waals surface area contributed by atoms with Crippen molar-refractivity contribution in [2.45, 2.75) is 26.1 Å². The molecule has 2 rings (SSSR count). The Morgan fingerprint density at radius 2 is 2.05 bits per heavy atom. The lowest BCUT2D eigenvalue weighted by atomic mass is 10.1. The average molecular weight is 301 g/mol. The number of nitrogens with one attached hydrogen (secondary N) is 1. The van der Waals surface area contributed by atoms with Crippen LogP contribution in [0.4, 0.5) is 17.6 Å². The van der Waals surface area contributed by atoms with Gasteiger partial charge in [0.1, 0.15) is 5.82 Å². The minimum absolute atomic E-state index is 0.288. The first kappa shape index (κ1) is 15.5. The minimum Gasteiger partial charge on any atom is -0.310 e. The normalized spacial score (nSPS) is 13.4. The van der Waals surface area contributed by atoms with E-state index in [4.69, 9.17) is 0 Å². The van der Waals surface area contributed by atoms with E-state index >= 15 is 0 Å². The summed E-state index contributed by atoms with van der Waals surface area (Å²) < 4.78 is 53.0. The van der Waals surface area contributed by atoms with Gasteiger partial charge in [0.2, 0.25) is 0 Å². The standard InChI is InChI=1S/C14H15F4N3/c1-3-19-9(2)13-11(15)5-4-6-12(13)21-8-10(7-20-21)14(16,17)18/h4-9,19H,3H2,1-2H3. The molecule has 2 aromatic rings. The summed E-state index contributed by atoms with van der Waals surface area (Å²) in [5.74, 6) is -0.481. The molecule has 1 unspecified atom stereocenters. The Hall–Kier alpha value is -1.89. The smallest absolute Gasteiger partial charge is 0.310 e. The van der Waals surface area contributed by atoms with Crippen LogP contribution in [-0.2, 0) is 6.18 Å². The highest BCUT2D eigenvalue weighted by atomic mass is 19.4. The van der Waals surface area contributed by atoms with Crippen molar-refractivity contribution < 1.29 is 17.6 Å². The van der Waals surface area contributed by atoms with Gasteiger partial charge in [0.05, 0.1) is 17.4 Å². The van der Waals surface area contributed by atoms with Crippen molar-refractivity contribution in [2.75, 3.05) is 6.54 Å². The van der Waals surface area contributed by atoms with Crippen molar-refractivity contribution in [3.8, 4) is 5.69 Å². The molecule has 0 bridgehead atoms. The molecule has 0 saturated carbocycles. The van der Waals surface area contributed by atoms with E-state index in [2.05, 4.69) is 10.4 Å². The SMILES string of the molecule is CCNC(C)c1c(F)cccc1-n1cc(C(F)(F)F)cn1. The molecule has 1 atom stereocenters. The fraction of sp³-hybridized carbons (Fsp3) is 0.357. The van der Waals surface area contributed by atoms with Crippen molar-refractivity contribution >= 4 is 0 Å². The molecule has 0 aliphatic rings. The van der Waals surface area contributed by atoms with Crippen LogP contribution in [0.2, 0.25) is 0 Å². The summed E-state index contributed by atoms with van der Waals surface area (Å²) in [7, 11) is 0. The Kier molecular flexibility index (Phi) is 4.32. The van der Waals surface area contributed by atoms with E-state index < -0.39 is 17.6 Å². The summed E-state index contributed by atoms with van der Waals surface area (Å²) in [6, 6.07) is 3.92. The Bertz CT molecular complexity index is 619. The second-order valence-electron chi connectivity index (χ2n) is 4.62. The average Bonchev–Trinajstić information content (AvgIpc) is 2.87. The van der Waals surface area contributed by atoms with E-state index in [0.29, 0.717) is 12.2 Å². The second kappa shape index (κ2) is 5.85. The molecule has 7 heteroatoms. The van der Waals surface area contributed by atoms with Gasteiger partial charge in [-0.3, -0.25) is 0 Å². The van der Waals surface area contributed by atoms with Crippen molar-refractivity contribution in [1.82, 2.24) is 15.1 Å². The molecule has 114 valence electrons. The van der Waals surface area contributed by atoms with Gasteiger partial charge in [-0.2, -0.15) is 18.3 Å². The van der Waals surface area contributed by atoms with E-state index in [1.54, 1.807) is 13.0 Å². The molecule has 1 aromatic carbocycles. The third-order valence-corrected chi connectivity index (χ3v) is 3.13. The lowest BCUT2D eigenvalue weighted by molar-refractivity contribution is -0.137. The zero-order chi connectivity index (χ0) is 15.6. The first-order valence-corrected chi connectivity index (χ1v) is 6.48. The lowest BCUT2D eigenvalue weighted by Crippen LogP contribution is -2.21. The van der Waals surface area contributed by atoms with Gasteiger partial charge in [-0.05, 0) is 25.6 Å². The Morgan fingerprint density at radius 3 is 2.62 bits per heavy atom. The van der Waals surface area contributed by atoms with Crippen LogP contribution in [0.1, 0.15) is 31.0 Å². The van der Waals surface area contributed by atoms with Gasteiger partial charge in [0.25, 0.3) is 0 Å². The summed E-state index contributed by atoms with van der Waals surface area (Å²) in [4.78, 5) is 0. The number of hydrogen-bond acceptors (Lipinski definition) is 2. The molecule has 1 heterocycles. The van der Waals surface area contributed by atoms with Crippen LogP contribution in [0.3, 0.4) is 0 Å². The largest absolute Gasteiger partial charge is 0.419 e. The molecule has 0 aliphatic carbocycles. The number of hydrogen-bond donors (Lipinski definition) is 1. The maximum absolute atomic E-state index is 14.0. The first-order valence-electron chi connectivity index (χ1n) is 6.48. The number of halogens is 4. The predicted molar refractivity (Wildman–Crippen MR) is 70.6 cm³/mol. The molecule has 3 nitrogen and oxygen atoms in total. The van der Waals surface area contributed by atoms with Crippen molar-refractivity contribution in [3.05, 3.63) is 47.5 Å². The Labute approximate surface area is 119 Å². The summed E-state index contributed by atoms with van der Waals surface area (Å²) >= 11 is 0. The summed E-state index contributed by atoms with van der Waals surface area (Å²) in [5, 5.41) is 6.75. The quantitative estimate of drug-likeness (QED) is 0.873. The van der Waals surface area contributed by atoms with Gasteiger partial charge in [-0.1, -0.05) is 13.0 Å². The zero-order valence-electron chi connectivity index (χ0n) is 11.6. The summed E-state index contributed by atoms with van der Waals surface area (Å²) in [6.07, 6.45) is -2.89. The van der Waals surface area contributed by atoms with Gasteiger partial charge in [-0.15, -0.1) is 0 Å². The number of alkyl halides is 3. The maximum atomic E-state index is 14.0. The molecule has 0 spiro atoms. The highest BCUT2D eigenvalue weighted by Crippen LogP contribution is 2.30. The van der Waals surface area contributed by atoms with Crippen molar-refractivity contribution in [2.24, 2.45) is 0 Å². The highest BCUT2D eigenvalue weighted by molar-refractivity contribution is 5.43. The van der Waals surface area contributed by atoms with Crippen molar-refractivity contribution in [1.29, 1.82) is 0 Å². The highest BCUT2D eigenvalue weighted by Gasteiger charge is 2.32. The third-order valence-electron chi connectivity index (χ3n) is 3.13. The molecule has 0 fully saturated rings. The van der Waals surface area contributed by atoms with Crippen LogP contribution in [0.15, 0.2) is 30.6 Å². The van der Waals surface area contributed by atoms with Crippen LogP contribution in [0, 0.1) is 5.82 Å². The molecular weight excluding hydrogens is 286 g/mol. The number of rotatable bonds is 4. The van der Waals surface area contributed by atoms with E-state index in [9.17, 15) is 17.6 Å². The zero-order valence-corrected chi connectivity index (χ0v) is 11.6. The molecular formula is C14H15F4N3. The Balaban J connectivity index is 2.49. The van der Waals surface area contributed by atoms with Crippen LogP contribution < -0.4 is 5.32 Å². The summed E-state index contributed by atoms with van der Waals surface area (Å²) in [6.45, 7) is 4.23. The molecule has 1 aromatic heterocycles. The molecule has 0 amide bonds. The molecule has 21 heavy (non-hydrogen) atoms. The van der Waals surface area contributed by atoms with E-state index in [1.165, 1.54) is 12.1 Å². The van der Waals surface area contributed by atoms with Crippen molar-refractivity contribution in [3.63, 3.8) is 0 Å². The maximum Gasteiger partial charge on any atom is 0.419 e. The van der Waals surface area contributed by atoms with Gasteiger partial charge in [0.15, 0.2) is 0 Å². The number of aromatic nitrogens is 2. The first-order chi connectivity index (χ1) is 9.84. The molecule has 0 aliphatic heterocycles.